The first-order chi connectivity index (χ1) is 8.56. The van der Waals surface area contributed by atoms with Crippen molar-refractivity contribution in [1.82, 2.24) is 10.2 Å². The predicted molar refractivity (Wildman–Crippen MR) is 71.3 cm³/mol. The standard InChI is InChI=1S/C13H13ClN2O2/c1-8-6-10(14)4-2-9(8)3-5-11-7-12(17)13(18)16-15-11/h2,4,6-7H,3,5H2,1H3,(H,15,17)(H,16,18). The fraction of sp³-hybridized carbons (Fsp3) is 0.231. The Hall–Kier alpha value is -1.81. The van der Waals surface area contributed by atoms with Crippen LogP contribution in [0.4, 0.5) is 0 Å². The third-order valence-electron chi connectivity index (χ3n) is 2.83. The van der Waals surface area contributed by atoms with Crippen molar-refractivity contribution in [3.8, 4) is 0 Å². The van der Waals surface area contributed by atoms with Gasteiger partial charge in [0.05, 0.1) is 0 Å². The Kier molecular flexibility index (Phi) is 3.67. The summed E-state index contributed by atoms with van der Waals surface area (Å²) in [5.41, 5.74) is 1.87. The summed E-state index contributed by atoms with van der Waals surface area (Å²) in [5.74, 6) is 0. The van der Waals surface area contributed by atoms with Gasteiger partial charge in [0.15, 0.2) is 0 Å². The Bertz CT molecular complexity index is 673. The molecule has 0 unspecified atom stereocenters. The number of aryl methyl sites for hydroxylation is 3. The zero-order valence-corrected chi connectivity index (χ0v) is 10.7. The molecular weight excluding hydrogens is 252 g/mol. The molecule has 0 saturated heterocycles. The molecule has 1 aromatic heterocycles. The SMILES string of the molecule is Cc1cc(Cl)ccc1CCc1cc(=O)c(=O)[nH][nH]1. The summed E-state index contributed by atoms with van der Waals surface area (Å²) < 4.78 is 0. The minimum absolute atomic E-state index is 0.517. The Morgan fingerprint density at radius 2 is 1.89 bits per heavy atom. The molecule has 94 valence electrons. The second-order valence-electron chi connectivity index (χ2n) is 4.18. The lowest BCUT2D eigenvalue weighted by Crippen LogP contribution is -2.27. The molecule has 0 aliphatic carbocycles. The normalized spacial score (nSPS) is 10.6. The number of nitrogens with one attached hydrogen (secondary N) is 2. The number of hydrogen-bond acceptors (Lipinski definition) is 2. The number of aromatic nitrogens is 2. The van der Waals surface area contributed by atoms with Crippen molar-refractivity contribution < 1.29 is 0 Å². The van der Waals surface area contributed by atoms with Gasteiger partial charge < -0.3 is 5.10 Å². The first kappa shape index (κ1) is 12.6. The maximum Gasteiger partial charge on any atom is 0.310 e. The van der Waals surface area contributed by atoms with E-state index >= 15 is 0 Å². The first-order valence-electron chi connectivity index (χ1n) is 5.62. The van der Waals surface area contributed by atoms with E-state index in [4.69, 9.17) is 11.6 Å². The van der Waals surface area contributed by atoms with Gasteiger partial charge in [0, 0.05) is 16.8 Å². The van der Waals surface area contributed by atoms with Gasteiger partial charge in [-0.3, -0.25) is 14.7 Å². The highest BCUT2D eigenvalue weighted by Gasteiger charge is 2.02. The molecule has 0 fully saturated rings. The van der Waals surface area contributed by atoms with Gasteiger partial charge in [-0.2, -0.15) is 0 Å². The third-order valence-corrected chi connectivity index (χ3v) is 3.07. The molecule has 0 radical (unpaired) electrons. The molecule has 1 heterocycles. The van der Waals surface area contributed by atoms with Crippen molar-refractivity contribution >= 4 is 11.6 Å². The van der Waals surface area contributed by atoms with Crippen molar-refractivity contribution in [1.29, 1.82) is 0 Å². The van der Waals surface area contributed by atoms with E-state index in [0.29, 0.717) is 17.1 Å². The summed E-state index contributed by atoms with van der Waals surface area (Å²) in [6, 6.07) is 7.07. The topological polar surface area (TPSA) is 65.7 Å². The van der Waals surface area contributed by atoms with E-state index in [1.165, 1.54) is 11.6 Å². The molecule has 1 aromatic carbocycles. The highest BCUT2D eigenvalue weighted by molar-refractivity contribution is 6.30. The zero-order valence-electron chi connectivity index (χ0n) is 9.92. The lowest BCUT2D eigenvalue weighted by atomic mass is 10.0. The van der Waals surface area contributed by atoms with Crippen LogP contribution in [0, 0.1) is 6.92 Å². The number of rotatable bonds is 3. The van der Waals surface area contributed by atoms with E-state index in [2.05, 4.69) is 10.2 Å². The van der Waals surface area contributed by atoms with Crippen LogP contribution in [0.15, 0.2) is 33.9 Å². The summed E-state index contributed by atoms with van der Waals surface area (Å²) in [6.45, 7) is 2.00. The second kappa shape index (κ2) is 5.23. The van der Waals surface area contributed by atoms with Gasteiger partial charge in [0.2, 0.25) is 5.43 Å². The number of hydrogen-bond donors (Lipinski definition) is 2. The second-order valence-corrected chi connectivity index (χ2v) is 4.62. The first-order valence-corrected chi connectivity index (χ1v) is 6.00. The number of halogens is 1. The largest absolute Gasteiger partial charge is 0.310 e. The molecule has 0 saturated carbocycles. The van der Waals surface area contributed by atoms with Gasteiger partial charge in [-0.15, -0.1) is 0 Å². The molecule has 2 rings (SSSR count). The fourth-order valence-corrected chi connectivity index (χ4v) is 2.03. The van der Waals surface area contributed by atoms with Crippen LogP contribution in [0.2, 0.25) is 5.02 Å². The third kappa shape index (κ3) is 2.90. The molecule has 0 bridgehead atoms. The van der Waals surface area contributed by atoms with Crippen molar-refractivity contribution in [3.63, 3.8) is 0 Å². The average molecular weight is 265 g/mol. The lowest BCUT2D eigenvalue weighted by Gasteiger charge is -2.06. The van der Waals surface area contributed by atoms with Crippen molar-refractivity contribution in [3.05, 3.63) is 66.7 Å². The van der Waals surface area contributed by atoms with Gasteiger partial charge in [0.1, 0.15) is 0 Å². The molecule has 0 aliphatic rings. The van der Waals surface area contributed by atoms with E-state index in [-0.39, 0.29) is 0 Å². The van der Waals surface area contributed by atoms with E-state index in [1.807, 2.05) is 25.1 Å². The fourth-order valence-electron chi connectivity index (χ4n) is 1.80. The summed E-state index contributed by atoms with van der Waals surface area (Å²) in [4.78, 5) is 22.1. The summed E-state index contributed by atoms with van der Waals surface area (Å²) in [5, 5.41) is 5.75. The van der Waals surface area contributed by atoms with Crippen LogP contribution in [0.1, 0.15) is 16.8 Å². The molecule has 0 atom stereocenters. The molecule has 2 aromatic rings. The maximum atomic E-state index is 11.2. The minimum atomic E-state index is -0.624. The van der Waals surface area contributed by atoms with Gasteiger partial charge in [0.25, 0.3) is 0 Å². The molecule has 18 heavy (non-hydrogen) atoms. The quantitative estimate of drug-likeness (QED) is 0.831. The van der Waals surface area contributed by atoms with Crippen LogP contribution in [-0.4, -0.2) is 10.2 Å². The molecule has 5 heteroatoms. The minimum Gasteiger partial charge on any atom is -0.302 e. The predicted octanol–water partition coefficient (Wildman–Crippen LogP) is 1.81. The highest BCUT2D eigenvalue weighted by atomic mass is 35.5. The van der Waals surface area contributed by atoms with Crippen LogP contribution in [-0.2, 0) is 12.8 Å². The van der Waals surface area contributed by atoms with Gasteiger partial charge in [-0.05, 0) is 43.0 Å². The molecule has 0 aliphatic heterocycles. The molecule has 0 spiro atoms. The van der Waals surface area contributed by atoms with Crippen LogP contribution in [0.25, 0.3) is 0 Å². The number of benzene rings is 1. The number of H-pyrrole nitrogens is 2. The molecule has 0 amide bonds. The van der Waals surface area contributed by atoms with Crippen LogP contribution < -0.4 is 11.0 Å². The summed E-state index contributed by atoms with van der Waals surface area (Å²) in [6.07, 6.45) is 1.44. The van der Waals surface area contributed by atoms with E-state index < -0.39 is 11.0 Å². The molecule has 4 nitrogen and oxygen atoms in total. The summed E-state index contributed by atoms with van der Waals surface area (Å²) >= 11 is 5.89. The average Bonchev–Trinajstić information content (AvgIpc) is 2.32. The van der Waals surface area contributed by atoms with Gasteiger partial charge in [-0.1, -0.05) is 17.7 Å². The smallest absolute Gasteiger partial charge is 0.302 e. The molecular formula is C13H13ClN2O2. The van der Waals surface area contributed by atoms with Gasteiger partial charge >= 0.3 is 5.56 Å². The van der Waals surface area contributed by atoms with Crippen molar-refractivity contribution in [2.24, 2.45) is 0 Å². The monoisotopic (exact) mass is 264 g/mol. The Balaban J connectivity index is 2.13. The summed E-state index contributed by atoms with van der Waals surface area (Å²) in [7, 11) is 0. The highest BCUT2D eigenvalue weighted by Crippen LogP contribution is 2.16. The Morgan fingerprint density at radius 1 is 1.11 bits per heavy atom. The maximum absolute atomic E-state index is 11.2. The van der Waals surface area contributed by atoms with Crippen molar-refractivity contribution in [2.75, 3.05) is 0 Å². The van der Waals surface area contributed by atoms with E-state index in [0.717, 1.165) is 12.0 Å². The zero-order chi connectivity index (χ0) is 13.1. The lowest BCUT2D eigenvalue weighted by molar-refractivity contribution is 0.835. The van der Waals surface area contributed by atoms with Crippen LogP contribution in [0.5, 0.6) is 0 Å². The Labute approximate surface area is 109 Å². The van der Waals surface area contributed by atoms with E-state index in [9.17, 15) is 9.59 Å². The molecule has 2 N–H and O–H groups in total. The number of aromatic amines is 2. The Morgan fingerprint density at radius 3 is 2.56 bits per heavy atom. The van der Waals surface area contributed by atoms with Crippen LogP contribution in [0.3, 0.4) is 0 Å². The van der Waals surface area contributed by atoms with E-state index in [1.54, 1.807) is 0 Å². The van der Waals surface area contributed by atoms with Crippen molar-refractivity contribution in [2.45, 2.75) is 19.8 Å². The van der Waals surface area contributed by atoms with Crippen LogP contribution >= 0.6 is 11.6 Å². The van der Waals surface area contributed by atoms with Gasteiger partial charge in [-0.25, -0.2) is 0 Å².